The second-order valence-corrected chi connectivity index (χ2v) is 5.77. The van der Waals surface area contributed by atoms with Crippen LogP contribution in [0.25, 0.3) is 0 Å². The summed E-state index contributed by atoms with van der Waals surface area (Å²) in [4.78, 5) is 4.18. The first-order chi connectivity index (χ1) is 8.79. The molecule has 94 valence electrons. The maximum Gasteiger partial charge on any atom is 0.0485 e. The summed E-state index contributed by atoms with van der Waals surface area (Å²) in [5.41, 5.74) is 2.56. The Hall–Kier alpha value is -1.13. The highest BCUT2D eigenvalue weighted by Crippen LogP contribution is 2.19. The first kappa shape index (κ1) is 11.9. The fraction of sp³-hybridized carbons (Fsp3) is 0.357. The smallest absolute Gasteiger partial charge is 0.0485 e. The topological polar surface area (TPSA) is 29.9 Å². The van der Waals surface area contributed by atoms with Crippen LogP contribution < -0.4 is 5.32 Å². The molecule has 1 saturated carbocycles. The van der Waals surface area contributed by atoms with Crippen molar-refractivity contribution in [1.29, 1.82) is 0 Å². The molecule has 18 heavy (non-hydrogen) atoms. The van der Waals surface area contributed by atoms with Crippen molar-refractivity contribution in [3.05, 3.63) is 52.5 Å². The molecular weight excluding hydrogens is 290 g/mol. The van der Waals surface area contributed by atoms with E-state index in [1.54, 1.807) is 0 Å². The first-order valence-corrected chi connectivity index (χ1v) is 7.06. The molecule has 0 aromatic carbocycles. The van der Waals surface area contributed by atoms with Crippen LogP contribution in [0.2, 0.25) is 0 Å². The largest absolute Gasteiger partial charge is 0.350 e. The lowest BCUT2D eigenvalue weighted by molar-refractivity contribution is 0.685. The molecule has 1 aliphatic rings. The van der Waals surface area contributed by atoms with Gasteiger partial charge in [0.15, 0.2) is 0 Å². The Bertz CT molecular complexity index is 531. The molecule has 1 N–H and O–H groups in total. The van der Waals surface area contributed by atoms with E-state index in [9.17, 15) is 0 Å². The summed E-state index contributed by atoms with van der Waals surface area (Å²) in [5, 5.41) is 3.53. The molecule has 1 aliphatic carbocycles. The molecule has 2 aromatic heterocycles. The van der Waals surface area contributed by atoms with Crippen LogP contribution in [0.15, 0.2) is 41.4 Å². The lowest BCUT2D eigenvalue weighted by Gasteiger charge is -2.03. The average Bonchev–Trinajstić information content (AvgIpc) is 3.08. The predicted octanol–water partition coefficient (Wildman–Crippen LogP) is 2.95. The number of hydrogen-bond acceptors (Lipinski definition) is 2. The molecule has 0 bridgehead atoms. The SMILES string of the molecule is Brc1cncc(Cn2ccc(CNC3CC3)c2)c1. The highest BCUT2D eigenvalue weighted by Gasteiger charge is 2.19. The van der Waals surface area contributed by atoms with Crippen molar-refractivity contribution in [3.63, 3.8) is 0 Å². The number of aromatic nitrogens is 2. The van der Waals surface area contributed by atoms with Crippen molar-refractivity contribution < 1.29 is 0 Å². The van der Waals surface area contributed by atoms with Crippen LogP contribution in [0, 0.1) is 0 Å². The summed E-state index contributed by atoms with van der Waals surface area (Å²) in [5.74, 6) is 0. The zero-order valence-corrected chi connectivity index (χ0v) is 11.7. The second-order valence-electron chi connectivity index (χ2n) is 4.86. The minimum Gasteiger partial charge on any atom is -0.350 e. The van der Waals surface area contributed by atoms with E-state index in [2.05, 4.69) is 55.3 Å². The van der Waals surface area contributed by atoms with Gasteiger partial charge in [0.25, 0.3) is 0 Å². The summed E-state index contributed by atoms with van der Waals surface area (Å²) >= 11 is 3.45. The minimum absolute atomic E-state index is 0.766. The Morgan fingerprint density at radius 3 is 3.00 bits per heavy atom. The fourth-order valence-corrected chi connectivity index (χ4v) is 2.41. The molecule has 0 spiro atoms. The minimum atomic E-state index is 0.766. The van der Waals surface area contributed by atoms with E-state index in [4.69, 9.17) is 0 Å². The maximum atomic E-state index is 4.18. The van der Waals surface area contributed by atoms with Crippen LogP contribution in [0.1, 0.15) is 24.0 Å². The van der Waals surface area contributed by atoms with Crippen molar-refractivity contribution in [2.24, 2.45) is 0 Å². The van der Waals surface area contributed by atoms with Gasteiger partial charge in [0.1, 0.15) is 0 Å². The maximum absolute atomic E-state index is 4.18. The number of rotatable bonds is 5. The summed E-state index contributed by atoms with van der Waals surface area (Å²) in [6, 6.07) is 5.05. The molecular formula is C14H16BrN3. The standard InChI is InChI=1S/C14H16BrN3/c15-13-5-12(6-16-8-13)10-18-4-3-11(9-18)7-17-14-1-2-14/h3-6,8-9,14,17H,1-2,7,10H2. The lowest BCUT2D eigenvalue weighted by atomic mass is 10.3. The van der Waals surface area contributed by atoms with Gasteiger partial charge in [0, 0.05) is 48.4 Å². The van der Waals surface area contributed by atoms with Gasteiger partial charge >= 0.3 is 0 Å². The van der Waals surface area contributed by atoms with E-state index in [-0.39, 0.29) is 0 Å². The Balaban J connectivity index is 1.61. The van der Waals surface area contributed by atoms with E-state index in [1.165, 1.54) is 24.0 Å². The van der Waals surface area contributed by atoms with Gasteiger partial charge in [-0.3, -0.25) is 4.98 Å². The highest BCUT2D eigenvalue weighted by molar-refractivity contribution is 9.10. The molecule has 4 heteroatoms. The van der Waals surface area contributed by atoms with Crippen molar-refractivity contribution in [1.82, 2.24) is 14.9 Å². The third kappa shape index (κ3) is 3.21. The number of halogens is 1. The van der Waals surface area contributed by atoms with Gasteiger partial charge in [-0.1, -0.05) is 0 Å². The summed E-state index contributed by atoms with van der Waals surface area (Å²) in [7, 11) is 0. The predicted molar refractivity (Wildman–Crippen MR) is 75.3 cm³/mol. The average molecular weight is 306 g/mol. The molecule has 0 radical (unpaired) electrons. The highest BCUT2D eigenvalue weighted by atomic mass is 79.9. The quantitative estimate of drug-likeness (QED) is 0.920. The van der Waals surface area contributed by atoms with Crippen LogP contribution in [0.5, 0.6) is 0 Å². The van der Waals surface area contributed by atoms with Crippen molar-refractivity contribution in [3.8, 4) is 0 Å². The molecule has 3 rings (SSSR count). The van der Waals surface area contributed by atoms with Gasteiger partial charge in [0.2, 0.25) is 0 Å². The van der Waals surface area contributed by atoms with E-state index in [0.717, 1.165) is 23.6 Å². The summed E-state index contributed by atoms with van der Waals surface area (Å²) in [6.45, 7) is 1.85. The number of pyridine rings is 1. The molecule has 3 nitrogen and oxygen atoms in total. The monoisotopic (exact) mass is 305 g/mol. The third-order valence-corrected chi connectivity index (χ3v) is 3.54. The van der Waals surface area contributed by atoms with Crippen LogP contribution in [-0.2, 0) is 13.1 Å². The zero-order valence-electron chi connectivity index (χ0n) is 10.1. The molecule has 1 fully saturated rings. The Morgan fingerprint density at radius 1 is 1.33 bits per heavy atom. The summed E-state index contributed by atoms with van der Waals surface area (Å²) in [6.07, 6.45) is 10.7. The van der Waals surface area contributed by atoms with Crippen molar-refractivity contribution in [2.75, 3.05) is 0 Å². The molecule has 2 aromatic rings. The molecule has 0 amide bonds. The normalized spacial score (nSPS) is 14.9. The van der Waals surface area contributed by atoms with Gasteiger partial charge in [-0.2, -0.15) is 0 Å². The van der Waals surface area contributed by atoms with E-state index >= 15 is 0 Å². The van der Waals surface area contributed by atoms with Gasteiger partial charge in [-0.05, 0) is 52.0 Å². The number of nitrogens with zero attached hydrogens (tertiary/aromatic N) is 2. The summed E-state index contributed by atoms with van der Waals surface area (Å²) < 4.78 is 3.23. The molecule has 0 saturated heterocycles. The van der Waals surface area contributed by atoms with Gasteiger partial charge in [0.05, 0.1) is 0 Å². The van der Waals surface area contributed by atoms with Crippen LogP contribution in [0.3, 0.4) is 0 Å². The molecule has 2 heterocycles. The van der Waals surface area contributed by atoms with E-state index in [1.807, 2.05) is 12.4 Å². The van der Waals surface area contributed by atoms with Crippen molar-refractivity contribution >= 4 is 15.9 Å². The Kier molecular flexibility index (Phi) is 3.48. The fourth-order valence-electron chi connectivity index (χ4n) is 2.00. The Labute approximate surface area is 115 Å². The van der Waals surface area contributed by atoms with Crippen LogP contribution >= 0.6 is 15.9 Å². The van der Waals surface area contributed by atoms with Gasteiger partial charge in [-0.25, -0.2) is 0 Å². The second kappa shape index (κ2) is 5.24. The number of nitrogens with one attached hydrogen (secondary N) is 1. The Morgan fingerprint density at radius 2 is 2.22 bits per heavy atom. The van der Waals surface area contributed by atoms with Crippen molar-refractivity contribution in [2.45, 2.75) is 32.0 Å². The molecule has 0 atom stereocenters. The van der Waals surface area contributed by atoms with E-state index < -0.39 is 0 Å². The zero-order chi connectivity index (χ0) is 12.4. The van der Waals surface area contributed by atoms with E-state index in [0.29, 0.717) is 0 Å². The van der Waals surface area contributed by atoms with Gasteiger partial charge in [-0.15, -0.1) is 0 Å². The van der Waals surface area contributed by atoms with Crippen LogP contribution in [0.4, 0.5) is 0 Å². The van der Waals surface area contributed by atoms with Crippen LogP contribution in [-0.4, -0.2) is 15.6 Å². The third-order valence-electron chi connectivity index (χ3n) is 3.11. The van der Waals surface area contributed by atoms with Gasteiger partial charge < -0.3 is 9.88 Å². The molecule has 0 aliphatic heterocycles. The number of hydrogen-bond donors (Lipinski definition) is 1. The lowest BCUT2D eigenvalue weighted by Crippen LogP contribution is -2.14. The molecule has 0 unspecified atom stereocenters. The first-order valence-electron chi connectivity index (χ1n) is 6.27.